The van der Waals surface area contributed by atoms with Crippen molar-refractivity contribution in [2.24, 2.45) is 0 Å². The Morgan fingerprint density at radius 2 is 1.84 bits per heavy atom. The fourth-order valence-electron chi connectivity index (χ4n) is 3.23. The van der Waals surface area contributed by atoms with Gasteiger partial charge in [0.05, 0.1) is 5.69 Å². The van der Waals surface area contributed by atoms with Gasteiger partial charge in [0.1, 0.15) is 18.1 Å². The molecule has 0 fully saturated rings. The second kappa shape index (κ2) is 6.73. The topological polar surface area (TPSA) is 38.5 Å². The van der Waals surface area contributed by atoms with Crippen molar-refractivity contribution in [1.82, 2.24) is 9.88 Å². The molecule has 0 atom stereocenters. The first-order valence-electron chi connectivity index (χ1n) is 8.66. The van der Waals surface area contributed by atoms with Gasteiger partial charge in [-0.25, -0.2) is 4.98 Å². The van der Waals surface area contributed by atoms with E-state index >= 15 is 0 Å². The molecule has 0 spiro atoms. The van der Waals surface area contributed by atoms with Crippen LogP contribution in [0.25, 0.3) is 11.5 Å². The third-order valence-electron chi connectivity index (χ3n) is 4.67. The summed E-state index contributed by atoms with van der Waals surface area (Å²) in [6.07, 6.45) is 0. The Labute approximate surface area is 148 Å². The van der Waals surface area contributed by atoms with Crippen LogP contribution in [0.4, 0.5) is 0 Å². The number of hydrogen-bond donors (Lipinski definition) is 0. The van der Waals surface area contributed by atoms with Crippen LogP contribution in [0.2, 0.25) is 0 Å². The van der Waals surface area contributed by atoms with Crippen LogP contribution in [0.1, 0.15) is 22.6 Å². The average Bonchev–Trinajstić information content (AvgIpc) is 2.85. The average molecular weight is 334 g/mol. The van der Waals surface area contributed by atoms with E-state index < -0.39 is 0 Å². The SMILES string of the molecule is Cc1ccccc1-c1nc(CN2CCOc3ccccc3C2)c(C)o1. The Morgan fingerprint density at radius 1 is 1.04 bits per heavy atom. The van der Waals surface area contributed by atoms with Crippen molar-refractivity contribution in [2.45, 2.75) is 26.9 Å². The largest absolute Gasteiger partial charge is 0.492 e. The van der Waals surface area contributed by atoms with Gasteiger partial charge in [-0.2, -0.15) is 0 Å². The molecule has 0 bridgehead atoms. The van der Waals surface area contributed by atoms with Crippen molar-refractivity contribution < 1.29 is 9.15 Å². The third kappa shape index (κ3) is 3.30. The summed E-state index contributed by atoms with van der Waals surface area (Å²) in [5, 5.41) is 0. The van der Waals surface area contributed by atoms with Crippen molar-refractivity contribution in [1.29, 1.82) is 0 Å². The summed E-state index contributed by atoms with van der Waals surface area (Å²) in [7, 11) is 0. The van der Waals surface area contributed by atoms with Crippen molar-refractivity contribution in [2.75, 3.05) is 13.2 Å². The molecule has 1 aliphatic heterocycles. The molecule has 4 nitrogen and oxygen atoms in total. The summed E-state index contributed by atoms with van der Waals surface area (Å²) < 4.78 is 11.8. The zero-order chi connectivity index (χ0) is 17.2. The number of fused-ring (bicyclic) bond motifs is 1. The highest BCUT2D eigenvalue weighted by Crippen LogP contribution is 2.27. The second-order valence-electron chi connectivity index (χ2n) is 6.50. The number of nitrogens with zero attached hydrogens (tertiary/aromatic N) is 2. The first-order valence-corrected chi connectivity index (χ1v) is 8.66. The first-order chi connectivity index (χ1) is 12.2. The van der Waals surface area contributed by atoms with Crippen molar-refractivity contribution in [3.05, 3.63) is 71.1 Å². The lowest BCUT2D eigenvalue weighted by atomic mass is 10.1. The highest BCUT2D eigenvalue weighted by atomic mass is 16.5. The maximum atomic E-state index is 5.95. The predicted molar refractivity (Wildman–Crippen MR) is 97.5 cm³/mol. The van der Waals surface area contributed by atoms with E-state index in [0.29, 0.717) is 12.5 Å². The fourth-order valence-corrected chi connectivity index (χ4v) is 3.23. The predicted octanol–water partition coefficient (Wildman–Crippen LogP) is 4.35. The number of para-hydroxylation sites is 1. The molecule has 2 aromatic carbocycles. The van der Waals surface area contributed by atoms with E-state index in [1.165, 1.54) is 11.1 Å². The van der Waals surface area contributed by atoms with Gasteiger partial charge in [-0.15, -0.1) is 0 Å². The fraction of sp³-hybridized carbons (Fsp3) is 0.286. The minimum absolute atomic E-state index is 0.693. The number of benzene rings is 2. The molecule has 25 heavy (non-hydrogen) atoms. The van der Waals surface area contributed by atoms with E-state index in [-0.39, 0.29) is 0 Å². The zero-order valence-corrected chi connectivity index (χ0v) is 14.7. The minimum Gasteiger partial charge on any atom is -0.492 e. The number of ether oxygens (including phenoxy) is 1. The highest BCUT2D eigenvalue weighted by Gasteiger charge is 2.19. The van der Waals surface area contributed by atoms with Crippen molar-refractivity contribution in [3.8, 4) is 17.2 Å². The molecular weight excluding hydrogens is 312 g/mol. The summed E-state index contributed by atoms with van der Waals surface area (Å²) in [5.74, 6) is 2.58. The summed E-state index contributed by atoms with van der Waals surface area (Å²) in [5.41, 5.74) is 4.45. The van der Waals surface area contributed by atoms with Gasteiger partial charge in [0.15, 0.2) is 0 Å². The normalized spacial score (nSPS) is 14.6. The molecule has 3 aromatic rings. The highest BCUT2D eigenvalue weighted by molar-refractivity contribution is 5.58. The van der Waals surface area contributed by atoms with Crippen LogP contribution in [-0.2, 0) is 13.1 Å². The lowest BCUT2D eigenvalue weighted by molar-refractivity contribution is 0.217. The van der Waals surface area contributed by atoms with E-state index in [0.717, 1.165) is 42.4 Å². The van der Waals surface area contributed by atoms with Crippen LogP contribution >= 0.6 is 0 Å². The molecule has 0 radical (unpaired) electrons. The number of rotatable bonds is 3. The molecule has 0 saturated heterocycles. The Hall–Kier alpha value is -2.59. The molecule has 0 amide bonds. The van der Waals surface area contributed by atoms with Crippen LogP contribution in [0.5, 0.6) is 5.75 Å². The quantitative estimate of drug-likeness (QED) is 0.714. The maximum Gasteiger partial charge on any atom is 0.226 e. The van der Waals surface area contributed by atoms with Crippen LogP contribution in [-0.4, -0.2) is 23.0 Å². The van der Waals surface area contributed by atoms with Gasteiger partial charge in [0.2, 0.25) is 5.89 Å². The lowest BCUT2D eigenvalue weighted by Crippen LogP contribution is -2.25. The molecule has 4 rings (SSSR count). The third-order valence-corrected chi connectivity index (χ3v) is 4.67. The molecule has 0 unspecified atom stereocenters. The van der Waals surface area contributed by atoms with Crippen molar-refractivity contribution in [3.63, 3.8) is 0 Å². The maximum absolute atomic E-state index is 5.95. The summed E-state index contributed by atoms with van der Waals surface area (Å²) in [6.45, 7) is 7.27. The monoisotopic (exact) mass is 334 g/mol. The number of hydrogen-bond acceptors (Lipinski definition) is 4. The lowest BCUT2D eigenvalue weighted by Gasteiger charge is -2.17. The van der Waals surface area contributed by atoms with Gasteiger partial charge in [0, 0.05) is 30.8 Å². The zero-order valence-electron chi connectivity index (χ0n) is 14.7. The van der Waals surface area contributed by atoms with Gasteiger partial charge in [-0.3, -0.25) is 4.90 Å². The smallest absolute Gasteiger partial charge is 0.226 e. The molecule has 2 heterocycles. The van der Waals surface area contributed by atoms with E-state index in [2.05, 4.69) is 36.1 Å². The summed E-state index contributed by atoms with van der Waals surface area (Å²) in [4.78, 5) is 7.13. The standard InChI is InChI=1S/C21H22N2O2/c1-15-7-3-5-9-18(15)21-22-19(16(2)25-21)14-23-11-12-24-20-10-6-4-8-17(20)13-23/h3-10H,11-14H2,1-2H3. The minimum atomic E-state index is 0.693. The number of oxazole rings is 1. The molecule has 1 aliphatic rings. The molecule has 4 heteroatoms. The van der Waals surface area contributed by atoms with E-state index in [9.17, 15) is 0 Å². The summed E-state index contributed by atoms with van der Waals surface area (Å²) >= 11 is 0. The Balaban J connectivity index is 1.56. The molecule has 0 aliphatic carbocycles. The van der Waals surface area contributed by atoms with Gasteiger partial charge in [-0.05, 0) is 31.5 Å². The molecule has 0 saturated carbocycles. The van der Waals surface area contributed by atoms with Gasteiger partial charge < -0.3 is 9.15 Å². The Morgan fingerprint density at radius 3 is 2.72 bits per heavy atom. The molecular formula is C21H22N2O2. The van der Waals surface area contributed by atoms with E-state index in [4.69, 9.17) is 14.1 Å². The molecule has 1 aromatic heterocycles. The van der Waals surface area contributed by atoms with Gasteiger partial charge >= 0.3 is 0 Å². The number of aryl methyl sites for hydroxylation is 2. The molecule has 0 N–H and O–H groups in total. The van der Waals surface area contributed by atoms with E-state index in [1.807, 2.05) is 31.2 Å². The van der Waals surface area contributed by atoms with Crippen LogP contribution < -0.4 is 4.74 Å². The van der Waals surface area contributed by atoms with Crippen molar-refractivity contribution >= 4 is 0 Å². The Kier molecular flexibility index (Phi) is 4.28. The molecule has 128 valence electrons. The second-order valence-corrected chi connectivity index (χ2v) is 6.50. The first kappa shape index (κ1) is 15.9. The van der Waals surface area contributed by atoms with Crippen LogP contribution in [0.15, 0.2) is 52.9 Å². The van der Waals surface area contributed by atoms with Gasteiger partial charge in [0.25, 0.3) is 0 Å². The van der Waals surface area contributed by atoms with Gasteiger partial charge in [-0.1, -0.05) is 36.4 Å². The van der Waals surface area contributed by atoms with Crippen LogP contribution in [0, 0.1) is 13.8 Å². The van der Waals surface area contributed by atoms with Crippen LogP contribution in [0.3, 0.4) is 0 Å². The number of aromatic nitrogens is 1. The summed E-state index contributed by atoms with van der Waals surface area (Å²) in [6, 6.07) is 16.4. The van der Waals surface area contributed by atoms with E-state index in [1.54, 1.807) is 0 Å². The Bertz CT molecular complexity index is 885.